The van der Waals surface area contributed by atoms with Gasteiger partial charge in [-0.2, -0.15) is 22.4 Å². The Morgan fingerprint density at radius 1 is 0.388 bits per heavy atom. The highest BCUT2D eigenvalue weighted by Gasteiger charge is 2.25. The molecule has 0 aliphatic carbocycles. The summed E-state index contributed by atoms with van der Waals surface area (Å²) in [6.07, 6.45) is 23.4. The molecule has 0 bridgehead atoms. The van der Waals surface area contributed by atoms with Gasteiger partial charge in [-0.15, -0.1) is 59.9 Å². The van der Waals surface area contributed by atoms with Crippen LogP contribution in [0.4, 0.5) is 8.78 Å². The summed E-state index contributed by atoms with van der Waals surface area (Å²) in [6, 6.07) is 72.5. The minimum absolute atomic E-state index is 0.156. The molecule has 1 atom stereocenters. The molecule has 14 rings (SSSR count). The first-order chi connectivity index (χ1) is 70.1. The number of rotatable bonds is 41. The molecule has 29 heteroatoms. The molecule has 766 valence electrons. The summed E-state index contributed by atoms with van der Waals surface area (Å²) in [7, 11) is -4.24. The van der Waals surface area contributed by atoms with Crippen LogP contribution in [-0.2, 0) is 52.9 Å². The molecule has 12 aromatic carbocycles. The molecule has 0 aliphatic rings. The third-order valence-corrected chi connectivity index (χ3v) is 29.3. The number of carboxylic acids is 1. The lowest BCUT2D eigenvalue weighted by molar-refractivity contribution is -0.141. The molecule has 0 aliphatic heterocycles. The van der Waals surface area contributed by atoms with Crippen LogP contribution in [0.1, 0.15) is 63.9 Å². The lowest BCUT2D eigenvalue weighted by Crippen LogP contribution is -2.34. The molecule has 2 aromatic heterocycles. The number of nitrogens with two attached hydrogens (primary N) is 1. The largest absolute Gasteiger partial charge is 0.544 e. The molecule has 0 unspecified atom stereocenters. The number of aliphatic carboxylic acids is 1. The maximum absolute atomic E-state index is 12.8. The Balaban J connectivity index is 0.000000204. The van der Waals surface area contributed by atoms with Crippen LogP contribution in [0, 0.1) is 18.6 Å². The van der Waals surface area contributed by atoms with Crippen LogP contribution in [0.2, 0.25) is 78.6 Å². The Bertz CT molecular complexity index is 6410. The molecule has 0 radical (unpaired) electrons. The average Bonchev–Trinajstić information content (AvgIpc) is 1.27. The van der Waals surface area contributed by atoms with Crippen LogP contribution in [0.5, 0.6) is 86.2 Å². The second-order valence-electron chi connectivity index (χ2n) is 37.2. The zero-order chi connectivity index (χ0) is 107. The topological polar surface area (TPSA) is 282 Å². The molecular weight excluding hydrogens is 1960 g/mol. The summed E-state index contributed by atoms with van der Waals surface area (Å²) in [5.74, 6) is 10.2. The van der Waals surface area contributed by atoms with E-state index in [1.807, 2.05) is 201 Å². The van der Waals surface area contributed by atoms with Crippen molar-refractivity contribution in [2.45, 2.75) is 154 Å². The minimum atomic E-state index is -1.68. The summed E-state index contributed by atoms with van der Waals surface area (Å²) in [4.78, 5) is 22.0. The second-order valence-corrected chi connectivity index (χ2v) is 64.4. The predicted molar refractivity (Wildman–Crippen MR) is 604 cm³/mol. The van der Waals surface area contributed by atoms with Crippen LogP contribution >= 0.6 is 22.4 Å². The zero-order valence-corrected chi connectivity index (χ0v) is 91.9. The number of carbonyl (C=O) groups is 2. The number of carboxylic acid groups (broad SMARTS) is 1. The number of aryl methyl sites for hydroxylation is 1. The Morgan fingerprint density at radius 2 is 0.673 bits per heavy atom. The number of hydrogen-bond acceptors (Lipinski definition) is 22. The molecule has 0 saturated carbocycles. The molecule has 147 heavy (non-hydrogen) atoms. The van der Waals surface area contributed by atoms with Crippen molar-refractivity contribution in [1.82, 2.24) is 20.4 Å². The van der Waals surface area contributed by atoms with E-state index < -0.39 is 43.1 Å². The number of hydrogen-bond donors (Lipinski definition) is 4. The van der Waals surface area contributed by atoms with E-state index in [0.717, 1.165) is 116 Å². The van der Waals surface area contributed by atoms with E-state index in [2.05, 4.69) is 192 Å². The van der Waals surface area contributed by atoms with E-state index in [1.165, 1.54) is 50.7 Å². The van der Waals surface area contributed by atoms with Crippen LogP contribution in [0.25, 0.3) is 58.0 Å². The Morgan fingerprint density at radius 3 is 1.00 bits per heavy atom. The number of aromatic nitrogens is 4. The van der Waals surface area contributed by atoms with E-state index in [4.69, 9.17) is 56.9 Å². The fourth-order valence-corrected chi connectivity index (χ4v) is 22.8. The average molecular weight is 2090 g/mol. The number of ether oxygens (including phenoxy) is 7. The van der Waals surface area contributed by atoms with E-state index in [1.54, 1.807) is 79.9 Å². The third kappa shape index (κ3) is 38.9. The van der Waals surface area contributed by atoms with Crippen molar-refractivity contribution in [2.75, 3.05) is 13.7 Å². The number of nitrogens with zero attached hydrogens (tertiary/aromatic N) is 4. The number of halogens is 2. The molecular formula is C118H131F2N5O16S2Si4. The molecule has 2 heterocycles. The first-order valence-corrected chi connectivity index (χ1v) is 64.4. The van der Waals surface area contributed by atoms with Crippen LogP contribution in [0.15, 0.2) is 349 Å². The number of carbonyl (C=O) groups excluding carboxylic acids is 1. The van der Waals surface area contributed by atoms with Gasteiger partial charge in [-0.25, -0.2) is 8.78 Å². The Kier molecular flexibility index (Phi) is 44.6. The number of phenolic OH excluding ortho intramolecular Hbond substituents is 2. The van der Waals surface area contributed by atoms with Gasteiger partial charge in [0.1, 0.15) is 125 Å². The minimum Gasteiger partial charge on any atom is -0.544 e. The summed E-state index contributed by atoms with van der Waals surface area (Å²) in [5.41, 5.74) is 17.2. The fourth-order valence-electron chi connectivity index (χ4n) is 13.8. The van der Waals surface area contributed by atoms with E-state index in [-0.39, 0.29) is 36.2 Å². The number of allylic oxidation sites excluding steroid dienone is 8. The van der Waals surface area contributed by atoms with Crippen molar-refractivity contribution >= 4 is 78.1 Å². The molecule has 0 spiro atoms. The summed E-state index contributed by atoms with van der Waals surface area (Å²) in [5, 5.41) is 43.7. The highest BCUT2D eigenvalue weighted by Crippen LogP contribution is 2.42. The van der Waals surface area contributed by atoms with Crippen molar-refractivity contribution < 1.29 is 84.5 Å². The molecule has 0 saturated heterocycles. The quantitative estimate of drug-likeness (QED) is 0.0157. The van der Waals surface area contributed by atoms with Gasteiger partial charge in [-0.1, -0.05) is 118 Å². The normalized spacial score (nSPS) is 11.3. The van der Waals surface area contributed by atoms with Crippen molar-refractivity contribution in [3.05, 3.63) is 392 Å². The molecule has 21 nitrogen and oxygen atoms in total. The number of aromatic hydroxyl groups is 2. The van der Waals surface area contributed by atoms with Crippen molar-refractivity contribution in [1.29, 1.82) is 0 Å². The Labute approximate surface area is 874 Å². The first kappa shape index (κ1) is 116. The van der Waals surface area contributed by atoms with Crippen LogP contribution in [-0.4, -0.2) is 99.0 Å². The Hall–Kier alpha value is -14.8. The standard InChI is InChI=1S/C34H30N2O4.2C24H34O2SSi2.C18H18O3.C14H8F2N2O.C4H7NO4/c1-5-7-26-21-29(17-19-31(26)37-4)38-30-18-20-32(27(22-30)8-6-2)39-28-15-13-25(14-16-28)34-36-35-33(40-34)24-11-9-23(3)10-12-24;2*1-9-11-19-17-21(13-15-23(19)26-28(3,4)5)25-22-14-16-24(27-29(6,7)8)20(18-22)12-10-2;1-3-5-13-11-15(7-9-17(13)19)21-16-8-10-18(20)14(12-16)6-4-2;15-11-5-1-9(2-6-11)13-17-18-14(19-13)10-3-7-12(16)8-4-10;5-3(4(7)8)1-9-2-6/h5-22H,1-4H3;2*9-10,13-18H,1-2,11-12H2,3-8H3;3-4,7-12,19-20H,1-2,5-6H2;1-8H;2-3H,1,5H2,(H,7,8)/b7-5+,8-6+;;;;;/t;;;;;3-/m.....0/s1. The van der Waals surface area contributed by atoms with Gasteiger partial charge < -0.3 is 71.9 Å². The number of phenols is 2. The summed E-state index contributed by atoms with van der Waals surface area (Å²) >= 11 is 4.02. The van der Waals surface area contributed by atoms with Gasteiger partial charge in [-0.05, 0) is 340 Å². The van der Waals surface area contributed by atoms with Gasteiger partial charge in [0, 0.05) is 65.4 Å². The van der Waals surface area contributed by atoms with Crippen molar-refractivity contribution in [3.63, 3.8) is 0 Å². The smallest absolute Gasteiger partial charge is 0.324 e. The summed E-state index contributed by atoms with van der Waals surface area (Å²) in [6.45, 7) is 56.1. The van der Waals surface area contributed by atoms with Gasteiger partial charge in [0.25, 0.3) is 6.47 Å². The molecule has 0 fully saturated rings. The van der Waals surface area contributed by atoms with Gasteiger partial charge >= 0.3 is 5.97 Å². The number of benzene rings is 12. The third-order valence-electron chi connectivity index (χ3n) is 20.2. The van der Waals surface area contributed by atoms with Crippen LogP contribution in [0.3, 0.4) is 0 Å². The molecule has 14 aromatic rings. The van der Waals surface area contributed by atoms with Gasteiger partial charge in [0.15, 0.2) is 0 Å². The highest BCUT2D eigenvalue weighted by atomic mass is 32.4. The van der Waals surface area contributed by atoms with Crippen molar-refractivity contribution in [3.8, 4) is 132 Å². The second kappa shape index (κ2) is 56.6. The van der Waals surface area contributed by atoms with E-state index in [0.29, 0.717) is 76.3 Å². The van der Waals surface area contributed by atoms with E-state index in [9.17, 15) is 28.6 Å². The predicted octanol–water partition coefficient (Wildman–Crippen LogP) is 32.1. The summed E-state index contributed by atoms with van der Waals surface area (Å²) < 4.78 is 89.5. The molecule has 5 N–H and O–H groups in total. The monoisotopic (exact) mass is 2090 g/mol. The van der Waals surface area contributed by atoms with Gasteiger partial charge in [-0.3, -0.25) is 9.59 Å². The lowest BCUT2D eigenvalue weighted by atomic mass is 10.1. The van der Waals surface area contributed by atoms with Crippen LogP contribution < -0.4 is 43.0 Å². The van der Waals surface area contributed by atoms with Gasteiger partial charge in [0.2, 0.25) is 40.2 Å². The number of methoxy groups -OCH3 is 1. The maximum Gasteiger partial charge on any atom is 0.324 e. The zero-order valence-electron chi connectivity index (χ0n) is 86.3. The highest BCUT2D eigenvalue weighted by molar-refractivity contribution is 8.29. The maximum atomic E-state index is 12.8. The lowest BCUT2D eigenvalue weighted by Gasteiger charge is -2.22. The first-order valence-electron chi connectivity index (χ1n) is 47.5. The van der Waals surface area contributed by atoms with Crippen molar-refractivity contribution in [2.24, 2.45) is 5.73 Å². The van der Waals surface area contributed by atoms with Gasteiger partial charge in [0.05, 0.1) is 7.11 Å². The SMILES string of the molecule is C/C=C/c1cc(Oc2ccc(Oc3ccc(-c4nnc(-c5ccc(C)cc5)o4)cc3)c(/C=C/C)c2)ccc1OC.C=CCc1cc(Oc2ccc(O)c(CC=C)c2)ccc1O.C=CCc1cc(Oc2ccc(S[Si](C)(C)C)c(CC=C)c2)ccc1O[Si](C)(C)C.C=CCc1cc(Oc2ccc(S[Si](C)(C)C)c(CC=C)c2)ccc1O[Si](C)(C)C.Fc1ccc(-c2nnc(-c3ccc(F)cc3)o2)cc1.N[C@@H](COC=O)C(=O)O. The van der Waals surface area contributed by atoms with E-state index >= 15 is 0 Å². The fraction of sp³-hybridized carbons (Fsp3) is 0.203. The molecule has 0 amide bonds.